The smallest absolute Gasteiger partial charge is 0.326 e. The van der Waals surface area contributed by atoms with Gasteiger partial charge in [0.2, 0.25) is 0 Å². The summed E-state index contributed by atoms with van der Waals surface area (Å²) in [5.41, 5.74) is 5.56. The first-order valence-corrected chi connectivity index (χ1v) is 7.36. The molecular formula is C6H17N2O3PS3. The van der Waals surface area contributed by atoms with Crippen molar-refractivity contribution in [3.63, 3.8) is 0 Å². The predicted molar refractivity (Wildman–Crippen MR) is 70.8 cm³/mol. The Bertz CT molecular complexity index is 228. The second kappa shape index (κ2) is 6.76. The SMILES string of the molecule is CC(CC(C)(C)N)SNP(=O)(OS)OS. The summed E-state index contributed by atoms with van der Waals surface area (Å²) in [6.45, 7) is 5.80. The quantitative estimate of drug-likeness (QED) is 0.250. The van der Waals surface area contributed by atoms with Gasteiger partial charge in [-0.1, -0.05) is 18.9 Å². The Balaban J connectivity index is 4.00. The molecule has 0 fully saturated rings. The van der Waals surface area contributed by atoms with Crippen LogP contribution in [0.3, 0.4) is 0 Å². The van der Waals surface area contributed by atoms with Crippen molar-refractivity contribution in [2.45, 2.75) is 38.0 Å². The second-order valence-corrected chi connectivity index (χ2v) is 7.95. The number of rotatable bonds is 7. The molecule has 0 aliphatic rings. The fraction of sp³-hybridized carbons (Fsp3) is 1.00. The molecule has 0 amide bonds. The number of hydrogen-bond donors (Lipinski definition) is 4. The molecular weight excluding hydrogens is 275 g/mol. The largest absolute Gasteiger partial charge is 0.436 e. The molecule has 0 aliphatic heterocycles. The average Bonchev–Trinajstić information content (AvgIpc) is 2.12. The summed E-state index contributed by atoms with van der Waals surface area (Å²) in [6.07, 6.45) is 0.754. The maximum Gasteiger partial charge on any atom is 0.436 e. The van der Waals surface area contributed by atoms with Crippen LogP contribution in [0.15, 0.2) is 0 Å². The molecule has 1 atom stereocenters. The van der Waals surface area contributed by atoms with Gasteiger partial charge < -0.3 is 5.73 Å². The van der Waals surface area contributed by atoms with Crippen LogP contribution in [0, 0.1) is 0 Å². The first-order valence-electron chi connectivity index (χ1n) is 4.20. The van der Waals surface area contributed by atoms with Gasteiger partial charge >= 0.3 is 7.75 Å². The van der Waals surface area contributed by atoms with Crippen LogP contribution in [0.2, 0.25) is 0 Å². The minimum absolute atomic E-state index is 0.158. The van der Waals surface area contributed by atoms with Crippen LogP contribution in [0.1, 0.15) is 27.2 Å². The van der Waals surface area contributed by atoms with Crippen LogP contribution in [0.4, 0.5) is 0 Å². The Labute approximate surface area is 106 Å². The van der Waals surface area contributed by atoms with Crippen LogP contribution < -0.4 is 10.2 Å². The minimum atomic E-state index is -3.40. The summed E-state index contributed by atoms with van der Waals surface area (Å²) >= 11 is 8.08. The van der Waals surface area contributed by atoms with Crippen LogP contribution in [0.5, 0.6) is 0 Å². The van der Waals surface area contributed by atoms with Crippen molar-refractivity contribution in [2.24, 2.45) is 5.73 Å². The lowest BCUT2D eigenvalue weighted by Gasteiger charge is -2.23. The van der Waals surface area contributed by atoms with Crippen LogP contribution in [0.25, 0.3) is 0 Å². The van der Waals surface area contributed by atoms with E-state index < -0.39 is 7.75 Å². The van der Waals surface area contributed by atoms with E-state index in [1.165, 1.54) is 11.9 Å². The van der Waals surface area contributed by atoms with E-state index in [1.807, 2.05) is 20.8 Å². The molecule has 1 unspecified atom stereocenters. The van der Waals surface area contributed by atoms with E-state index in [9.17, 15) is 4.57 Å². The molecule has 0 heterocycles. The zero-order chi connectivity index (χ0) is 12.1. The van der Waals surface area contributed by atoms with Crippen molar-refractivity contribution in [3.8, 4) is 0 Å². The number of hydrogen-bond acceptors (Lipinski definition) is 7. The van der Waals surface area contributed by atoms with Crippen molar-refractivity contribution in [3.05, 3.63) is 0 Å². The lowest BCUT2D eigenvalue weighted by Crippen LogP contribution is -2.35. The second-order valence-electron chi connectivity index (χ2n) is 3.87. The van der Waals surface area contributed by atoms with E-state index >= 15 is 0 Å². The van der Waals surface area contributed by atoms with Gasteiger partial charge in [-0.3, -0.25) is 0 Å². The topological polar surface area (TPSA) is 73.6 Å². The Hall–Kier alpha value is 1.12. The zero-order valence-electron chi connectivity index (χ0n) is 8.84. The van der Waals surface area contributed by atoms with Crippen molar-refractivity contribution in [1.82, 2.24) is 4.49 Å². The maximum absolute atomic E-state index is 11.5. The monoisotopic (exact) mass is 292 g/mol. The molecule has 92 valence electrons. The summed E-state index contributed by atoms with van der Waals surface area (Å²) in [5, 5.41) is 0.158. The van der Waals surface area contributed by atoms with Crippen molar-refractivity contribution >= 4 is 45.5 Å². The van der Waals surface area contributed by atoms with Gasteiger partial charge in [0.25, 0.3) is 0 Å². The van der Waals surface area contributed by atoms with Crippen LogP contribution >= 0.6 is 45.5 Å². The Morgan fingerprint density at radius 3 is 2.33 bits per heavy atom. The predicted octanol–water partition coefficient (Wildman–Crippen LogP) is 2.57. The first kappa shape index (κ1) is 16.1. The molecule has 0 radical (unpaired) electrons. The molecule has 5 nitrogen and oxygen atoms in total. The Morgan fingerprint density at radius 2 is 2.00 bits per heavy atom. The van der Waals surface area contributed by atoms with Crippen molar-refractivity contribution in [1.29, 1.82) is 0 Å². The van der Waals surface area contributed by atoms with Gasteiger partial charge in [0, 0.05) is 10.8 Å². The normalized spacial score (nSPS) is 15.3. The molecule has 15 heavy (non-hydrogen) atoms. The number of thiol groups is 2. The number of nitrogens with two attached hydrogens (primary N) is 1. The molecule has 0 spiro atoms. The Morgan fingerprint density at radius 1 is 1.53 bits per heavy atom. The van der Waals surface area contributed by atoms with Gasteiger partial charge in [-0.15, -0.1) is 0 Å². The summed E-state index contributed by atoms with van der Waals surface area (Å²) in [4.78, 5) is 0. The van der Waals surface area contributed by atoms with E-state index in [1.54, 1.807) is 0 Å². The molecule has 3 N–H and O–H groups in total. The van der Waals surface area contributed by atoms with Gasteiger partial charge in [-0.05, 0) is 46.1 Å². The van der Waals surface area contributed by atoms with Crippen molar-refractivity contribution < 1.29 is 12.5 Å². The van der Waals surface area contributed by atoms with E-state index in [0.717, 1.165) is 6.42 Å². The summed E-state index contributed by atoms with van der Waals surface area (Å²) < 4.78 is 22.7. The maximum atomic E-state index is 11.5. The summed E-state index contributed by atoms with van der Waals surface area (Å²) in [5.74, 6) is 0. The first-order chi connectivity index (χ1) is 6.72. The van der Waals surface area contributed by atoms with Crippen LogP contribution in [-0.2, 0) is 12.5 Å². The third-order valence-corrected chi connectivity index (χ3v) is 5.00. The fourth-order valence-corrected chi connectivity index (χ4v) is 3.99. The highest BCUT2D eigenvalue weighted by atomic mass is 32.2. The molecule has 0 aliphatic carbocycles. The molecule has 0 saturated heterocycles. The van der Waals surface area contributed by atoms with Gasteiger partial charge in [0.1, 0.15) is 0 Å². The minimum Gasteiger partial charge on any atom is -0.326 e. The molecule has 0 bridgehead atoms. The fourth-order valence-electron chi connectivity index (χ4n) is 0.985. The zero-order valence-corrected chi connectivity index (χ0v) is 12.3. The molecule has 0 aromatic rings. The van der Waals surface area contributed by atoms with Crippen molar-refractivity contribution in [2.75, 3.05) is 0 Å². The molecule has 0 aromatic carbocycles. The molecule has 9 heteroatoms. The van der Waals surface area contributed by atoms with Gasteiger partial charge in [-0.25, -0.2) is 12.5 Å². The average molecular weight is 292 g/mol. The molecule has 0 aromatic heterocycles. The lowest BCUT2D eigenvalue weighted by molar-refractivity contribution is 0.433. The van der Waals surface area contributed by atoms with Gasteiger partial charge in [0.15, 0.2) is 0 Å². The van der Waals surface area contributed by atoms with E-state index in [2.05, 4.69) is 38.3 Å². The third kappa shape index (κ3) is 7.93. The Kier molecular flexibility index (Phi) is 7.26. The van der Waals surface area contributed by atoms with E-state index in [0.29, 0.717) is 0 Å². The van der Waals surface area contributed by atoms with Gasteiger partial charge in [-0.2, -0.15) is 4.49 Å². The molecule has 0 saturated carbocycles. The highest BCUT2D eigenvalue weighted by Crippen LogP contribution is 2.48. The van der Waals surface area contributed by atoms with E-state index in [4.69, 9.17) is 5.73 Å². The highest BCUT2D eigenvalue weighted by Gasteiger charge is 2.25. The summed E-state index contributed by atoms with van der Waals surface area (Å²) in [6, 6.07) is 0. The standard InChI is InChI=1S/C6H17N2O3PS3/c1-5(4-6(2,3)7)15-8-12(9,10-13)11-14/h5,13-14H,4,7H2,1-3H3,(H,8,9). The highest BCUT2D eigenvalue weighted by molar-refractivity contribution is 8.03. The summed E-state index contributed by atoms with van der Waals surface area (Å²) in [7, 11) is -3.40. The van der Waals surface area contributed by atoms with E-state index in [-0.39, 0.29) is 10.8 Å². The van der Waals surface area contributed by atoms with Crippen LogP contribution in [-0.4, -0.2) is 10.8 Å². The molecule has 0 rings (SSSR count). The number of nitrogens with one attached hydrogen (secondary N) is 1. The lowest BCUT2D eigenvalue weighted by atomic mass is 10.0. The third-order valence-electron chi connectivity index (χ3n) is 1.39. The van der Waals surface area contributed by atoms with Gasteiger partial charge in [0.05, 0.1) is 0 Å².